The van der Waals surface area contributed by atoms with Crippen molar-refractivity contribution in [3.63, 3.8) is 0 Å². The summed E-state index contributed by atoms with van der Waals surface area (Å²) in [7, 11) is 1.65. The summed E-state index contributed by atoms with van der Waals surface area (Å²) in [6, 6.07) is 16.5. The van der Waals surface area contributed by atoms with E-state index in [1.807, 2.05) is 42.5 Å². The molecule has 31 heavy (non-hydrogen) atoms. The number of nitrogens with zero attached hydrogens (tertiary/aromatic N) is 4. The van der Waals surface area contributed by atoms with Crippen LogP contribution in [0.15, 0.2) is 48.5 Å². The number of halogens is 1. The first-order valence-electron chi connectivity index (χ1n) is 10.8. The SMILES string of the molecule is COc1cc(CNC2CCCCCCC2)ccc1Oc1nnnn1-c1ccccc1.[Cl-]. The molecule has 1 fully saturated rings. The third-order valence-electron chi connectivity index (χ3n) is 5.57. The first-order chi connectivity index (χ1) is 14.8. The van der Waals surface area contributed by atoms with Crippen LogP contribution in [-0.2, 0) is 6.54 Å². The third-order valence-corrected chi connectivity index (χ3v) is 5.57. The molecule has 1 aliphatic rings. The molecular weight excluding hydrogens is 414 g/mol. The second-order valence-corrected chi connectivity index (χ2v) is 7.72. The number of hydrogen-bond acceptors (Lipinski definition) is 6. The van der Waals surface area contributed by atoms with Crippen LogP contribution >= 0.6 is 0 Å². The molecule has 0 aliphatic heterocycles. The van der Waals surface area contributed by atoms with Gasteiger partial charge in [-0.2, -0.15) is 4.68 Å². The molecule has 0 unspecified atom stereocenters. The number of hydrogen-bond donors (Lipinski definition) is 1. The van der Waals surface area contributed by atoms with Crippen LogP contribution in [0.3, 0.4) is 0 Å². The van der Waals surface area contributed by atoms with Gasteiger partial charge in [-0.25, -0.2) is 0 Å². The molecule has 8 heteroatoms. The molecule has 1 aliphatic carbocycles. The topological polar surface area (TPSA) is 74.1 Å². The number of nitrogens with one attached hydrogen (secondary N) is 1. The van der Waals surface area contributed by atoms with Crippen molar-refractivity contribution in [2.24, 2.45) is 0 Å². The summed E-state index contributed by atoms with van der Waals surface area (Å²) in [6.45, 7) is 0.822. The van der Waals surface area contributed by atoms with Crippen LogP contribution in [0, 0.1) is 0 Å². The fraction of sp³-hybridized carbons (Fsp3) is 0.435. The van der Waals surface area contributed by atoms with Crippen LogP contribution in [0.2, 0.25) is 0 Å². The normalized spacial score (nSPS) is 14.9. The van der Waals surface area contributed by atoms with E-state index in [0.29, 0.717) is 23.6 Å². The minimum absolute atomic E-state index is 0. The van der Waals surface area contributed by atoms with E-state index in [9.17, 15) is 0 Å². The lowest BCUT2D eigenvalue weighted by Gasteiger charge is -2.21. The van der Waals surface area contributed by atoms with Gasteiger partial charge in [0.2, 0.25) is 0 Å². The van der Waals surface area contributed by atoms with E-state index in [0.717, 1.165) is 12.2 Å². The van der Waals surface area contributed by atoms with E-state index in [-0.39, 0.29) is 12.4 Å². The van der Waals surface area contributed by atoms with Crippen molar-refractivity contribution >= 4 is 0 Å². The largest absolute Gasteiger partial charge is 1.00 e. The lowest BCUT2D eigenvalue weighted by atomic mass is 9.96. The molecule has 166 valence electrons. The van der Waals surface area contributed by atoms with Crippen LogP contribution in [0.25, 0.3) is 5.69 Å². The highest BCUT2D eigenvalue weighted by Crippen LogP contribution is 2.32. The highest BCUT2D eigenvalue weighted by Gasteiger charge is 2.15. The lowest BCUT2D eigenvalue weighted by molar-refractivity contribution is -0.00000717. The predicted octanol–water partition coefficient (Wildman–Crippen LogP) is 1.67. The van der Waals surface area contributed by atoms with Gasteiger partial charge in [0, 0.05) is 12.6 Å². The summed E-state index contributed by atoms with van der Waals surface area (Å²) < 4.78 is 13.1. The molecule has 0 spiro atoms. The highest BCUT2D eigenvalue weighted by atomic mass is 35.5. The van der Waals surface area contributed by atoms with Gasteiger partial charge in [-0.3, -0.25) is 0 Å². The molecule has 2 aromatic carbocycles. The molecule has 0 saturated heterocycles. The van der Waals surface area contributed by atoms with E-state index in [1.54, 1.807) is 11.8 Å². The van der Waals surface area contributed by atoms with Crippen LogP contribution < -0.4 is 27.2 Å². The summed E-state index contributed by atoms with van der Waals surface area (Å²) in [5, 5.41) is 15.5. The maximum atomic E-state index is 5.99. The van der Waals surface area contributed by atoms with Crippen LogP contribution in [0.5, 0.6) is 17.5 Å². The molecule has 3 aromatic rings. The molecule has 0 atom stereocenters. The number of tetrazole rings is 1. The fourth-order valence-corrected chi connectivity index (χ4v) is 3.90. The van der Waals surface area contributed by atoms with Crippen molar-refractivity contribution in [3.05, 3.63) is 54.1 Å². The monoisotopic (exact) mass is 442 g/mol. The van der Waals surface area contributed by atoms with Crippen molar-refractivity contribution in [2.75, 3.05) is 7.11 Å². The Morgan fingerprint density at radius 2 is 1.71 bits per heavy atom. The average Bonchev–Trinajstić information content (AvgIpc) is 3.22. The number of methoxy groups -OCH3 is 1. The Kier molecular flexibility index (Phi) is 8.67. The van der Waals surface area contributed by atoms with Gasteiger partial charge in [0.1, 0.15) is 0 Å². The molecule has 1 aromatic heterocycles. The van der Waals surface area contributed by atoms with Crippen LogP contribution in [-0.4, -0.2) is 33.4 Å². The Morgan fingerprint density at radius 3 is 2.45 bits per heavy atom. The first kappa shape index (κ1) is 23.0. The van der Waals surface area contributed by atoms with Crippen molar-refractivity contribution in [2.45, 2.75) is 57.5 Å². The molecule has 4 rings (SSSR count). The molecule has 1 heterocycles. The molecule has 0 amide bonds. The maximum absolute atomic E-state index is 5.99. The van der Waals surface area contributed by atoms with Gasteiger partial charge in [0.25, 0.3) is 0 Å². The van der Waals surface area contributed by atoms with Crippen molar-refractivity contribution in [1.82, 2.24) is 25.5 Å². The Morgan fingerprint density at radius 1 is 0.968 bits per heavy atom. The van der Waals surface area contributed by atoms with E-state index >= 15 is 0 Å². The lowest BCUT2D eigenvalue weighted by Crippen LogP contribution is -3.00. The van der Waals surface area contributed by atoms with Crippen LogP contribution in [0.4, 0.5) is 0 Å². The quantitative estimate of drug-likeness (QED) is 0.600. The summed E-state index contributed by atoms with van der Waals surface area (Å²) in [5.41, 5.74) is 2.00. The smallest absolute Gasteiger partial charge is 0.346 e. The zero-order valence-corrected chi connectivity index (χ0v) is 18.6. The van der Waals surface area contributed by atoms with Crippen molar-refractivity contribution in [1.29, 1.82) is 0 Å². The Labute approximate surface area is 189 Å². The molecule has 0 bridgehead atoms. The molecule has 0 radical (unpaired) electrons. The van der Waals surface area contributed by atoms with E-state index < -0.39 is 0 Å². The zero-order valence-electron chi connectivity index (χ0n) is 17.8. The summed E-state index contributed by atoms with van der Waals surface area (Å²) in [6.07, 6.45) is 9.29. The molecule has 7 nitrogen and oxygen atoms in total. The third kappa shape index (κ3) is 6.18. The van der Waals surface area contributed by atoms with Gasteiger partial charge in [-0.05, 0) is 53.1 Å². The van der Waals surface area contributed by atoms with Gasteiger partial charge in [-0.1, -0.05) is 61.5 Å². The van der Waals surface area contributed by atoms with Gasteiger partial charge < -0.3 is 27.2 Å². The Bertz CT molecular complexity index is 927. The van der Waals surface area contributed by atoms with Gasteiger partial charge >= 0.3 is 6.01 Å². The van der Waals surface area contributed by atoms with Gasteiger partial charge in [0.15, 0.2) is 11.5 Å². The first-order valence-corrected chi connectivity index (χ1v) is 10.8. The Balaban J connectivity index is 0.00000272. The summed E-state index contributed by atoms with van der Waals surface area (Å²) in [4.78, 5) is 0. The van der Waals surface area contributed by atoms with Crippen molar-refractivity contribution in [3.8, 4) is 23.2 Å². The number of para-hydroxylation sites is 1. The zero-order chi connectivity index (χ0) is 20.6. The van der Waals surface area contributed by atoms with Crippen molar-refractivity contribution < 1.29 is 21.9 Å². The molecule has 1 saturated carbocycles. The summed E-state index contributed by atoms with van der Waals surface area (Å²) >= 11 is 0. The van der Waals surface area contributed by atoms with Gasteiger partial charge in [0.05, 0.1) is 12.8 Å². The van der Waals surface area contributed by atoms with E-state index in [2.05, 4.69) is 26.9 Å². The second kappa shape index (κ2) is 11.7. The van der Waals surface area contributed by atoms with Crippen LogP contribution in [0.1, 0.15) is 50.5 Å². The van der Waals surface area contributed by atoms with E-state index in [1.165, 1.54) is 50.5 Å². The number of benzene rings is 2. The van der Waals surface area contributed by atoms with Gasteiger partial charge in [-0.15, -0.1) is 0 Å². The summed E-state index contributed by atoms with van der Waals surface area (Å²) in [5.74, 6) is 1.24. The number of rotatable bonds is 7. The highest BCUT2D eigenvalue weighted by molar-refractivity contribution is 5.44. The standard InChI is InChI=1S/C23H29N5O2.ClH/c1-29-22-16-18(17-24-19-10-6-3-2-4-7-11-19)14-15-21(22)30-23-25-26-27-28(23)20-12-8-5-9-13-20;/h5,8-9,12-16,19,24H,2-4,6-7,10-11,17H2,1H3;1H/p-1. The fourth-order valence-electron chi connectivity index (χ4n) is 3.90. The predicted molar refractivity (Wildman–Crippen MR) is 115 cm³/mol. The minimum Gasteiger partial charge on any atom is -1.00 e. The number of aromatic nitrogens is 4. The minimum atomic E-state index is 0. The average molecular weight is 443 g/mol. The van der Waals surface area contributed by atoms with E-state index in [4.69, 9.17) is 9.47 Å². The number of ether oxygens (including phenoxy) is 2. The Hall–Kier alpha value is -2.64. The molecular formula is C23H29ClN5O2-. The maximum Gasteiger partial charge on any atom is 0.346 e. The second-order valence-electron chi connectivity index (χ2n) is 7.72. The molecule has 1 N–H and O–H groups in total.